The molecule has 0 aromatic carbocycles. The molecule has 0 unspecified atom stereocenters. The molecular weight excluding hydrogens is 290 g/mol. The molecule has 0 bridgehead atoms. The molecule has 0 saturated heterocycles. The van der Waals surface area contributed by atoms with Crippen LogP contribution in [0.4, 0.5) is 5.82 Å². The number of hydrogen-bond acceptors (Lipinski definition) is 6. The number of hydrogen-bond donors (Lipinski definition) is 2. The topological polar surface area (TPSA) is 103 Å². The molecule has 3 rings (SSSR count). The Kier molecular flexibility index (Phi) is 3.26. The number of rotatable bonds is 3. The largest absolute Gasteiger partial charge is 0.307 e. The minimum Gasteiger partial charge on any atom is -0.307 e. The Balaban J connectivity index is 2.12. The van der Waals surface area contributed by atoms with E-state index in [4.69, 9.17) is 5.84 Å². The standard InChI is InChI=1S/C13H15N5O2S/c1-9-2-4-10(5-3-9)21(19,20)18-7-6-11-13(18)15-8-12(16-11)17-14/h2,4,6-8H,3,5,14H2,1H3,(H,16,17). The highest BCUT2D eigenvalue weighted by Gasteiger charge is 2.23. The number of hydrazine groups is 1. The molecule has 0 radical (unpaired) electrons. The molecule has 0 amide bonds. The van der Waals surface area contributed by atoms with Crippen molar-refractivity contribution in [1.29, 1.82) is 0 Å². The first-order valence-corrected chi connectivity index (χ1v) is 7.89. The van der Waals surface area contributed by atoms with E-state index in [1.807, 2.05) is 13.0 Å². The summed E-state index contributed by atoms with van der Waals surface area (Å²) in [6.07, 6.45) is 7.60. The zero-order valence-corrected chi connectivity index (χ0v) is 12.3. The van der Waals surface area contributed by atoms with E-state index in [0.29, 0.717) is 28.3 Å². The normalized spacial score (nSPS) is 15.7. The molecule has 7 nitrogen and oxygen atoms in total. The second kappa shape index (κ2) is 4.97. The van der Waals surface area contributed by atoms with Crippen LogP contribution in [0.3, 0.4) is 0 Å². The van der Waals surface area contributed by atoms with Gasteiger partial charge in [-0.2, -0.15) is 0 Å². The van der Waals surface area contributed by atoms with Crippen LogP contribution >= 0.6 is 0 Å². The number of nitrogens with zero attached hydrogens (tertiary/aromatic N) is 3. The summed E-state index contributed by atoms with van der Waals surface area (Å²) in [5.74, 6) is 5.65. The predicted molar refractivity (Wildman–Crippen MR) is 80.7 cm³/mol. The highest BCUT2D eigenvalue weighted by molar-refractivity contribution is 7.93. The van der Waals surface area contributed by atoms with E-state index in [-0.39, 0.29) is 0 Å². The molecule has 0 saturated carbocycles. The molecule has 110 valence electrons. The average molecular weight is 305 g/mol. The Labute approximate surface area is 122 Å². The van der Waals surface area contributed by atoms with Gasteiger partial charge in [0.1, 0.15) is 5.52 Å². The summed E-state index contributed by atoms with van der Waals surface area (Å²) in [6.45, 7) is 1.98. The van der Waals surface area contributed by atoms with E-state index in [0.717, 1.165) is 10.4 Å². The van der Waals surface area contributed by atoms with Crippen molar-refractivity contribution in [2.75, 3.05) is 5.43 Å². The molecule has 0 spiro atoms. The van der Waals surface area contributed by atoms with E-state index in [2.05, 4.69) is 15.4 Å². The quantitative estimate of drug-likeness (QED) is 0.658. The van der Waals surface area contributed by atoms with Crippen molar-refractivity contribution < 1.29 is 8.42 Å². The van der Waals surface area contributed by atoms with Crippen LogP contribution in [0.2, 0.25) is 0 Å². The van der Waals surface area contributed by atoms with Gasteiger partial charge in [0.05, 0.1) is 11.1 Å². The lowest BCUT2D eigenvalue weighted by atomic mass is 10.1. The molecule has 0 atom stereocenters. The van der Waals surface area contributed by atoms with Crippen molar-refractivity contribution in [3.63, 3.8) is 0 Å². The summed E-state index contributed by atoms with van der Waals surface area (Å²) < 4.78 is 26.5. The molecule has 2 heterocycles. The summed E-state index contributed by atoms with van der Waals surface area (Å²) in [4.78, 5) is 8.68. The minimum absolute atomic E-state index is 0.293. The van der Waals surface area contributed by atoms with Crippen molar-refractivity contribution in [3.8, 4) is 0 Å². The zero-order valence-electron chi connectivity index (χ0n) is 11.4. The number of nitrogens with one attached hydrogen (secondary N) is 1. The summed E-state index contributed by atoms with van der Waals surface area (Å²) in [6, 6.07) is 1.60. The van der Waals surface area contributed by atoms with Gasteiger partial charge in [-0.05, 0) is 31.9 Å². The third-order valence-electron chi connectivity index (χ3n) is 3.41. The fourth-order valence-electron chi connectivity index (χ4n) is 2.21. The maximum Gasteiger partial charge on any atom is 0.265 e. The van der Waals surface area contributed by atoms with Crippen LogP contribution in [-0.4, -0.2) is 22.4 Å². The van der Waals surface area contributed by atoms with Crippen molar-refractivity contribution in [2.24, 2.45) is 5.84 Å². The molecule has 21 heavy (non-hydrogen) atoms. The number of nitrogen functional groups attached to an aromatic ring is 1. The highest BCUT2D eigenvalue weighted by atomic mass is 32.2. The van der Waals surface area contributed by atoms with Crippen molar-refractivity contribution in [1.82, 2.24) is 13.9 Å². The van der Waals surface area contributed by atoms with E-state index in [9.17, 15) is 8.42 Å². The van der Waals surface area contributed by atoms with Crippen molar-refractivity contribution in [2.45, 2.75) is 19.8 Å². The van der Waals surface area contributed by atoms with Crippen LogP contribution in [0.1, 0.15) is 19.8 Å². The maximum atomic E-state index is 12.7. The average Bonchev–Trinajstić information content (AvgIpc) is 2.91. The van der Waals surface area contributed by atoms with Gasteiger partial charge < -0.3 is 5.43 Å². The predicted octanol–water partition coefficient (Wildman–Crippen LogP) is 1.52. The number of aromatic nitrogens is 3. The summed E-state index contributed by atoms with van der Waals surface area (Å²) in [7, 11) is -3.61. The van der Waals surface area contributed by atoms with Gasteiger partial charge in [0.25, 0.3) is 10.0 Å². The molecular formula is C13H15N5O2S. The Morgan fingerprint density at radius 2 is 2.14 bits per heavy atom. The summed E-state index contributed by atoms with van der Waals surface area (Å²) >= 11 is 0. The van der Waals surface area contributed by atoms with Crippen LogP contribution in [0.25, 0.3) is 11.2 Å². The molecule has 1 aliphatic carbocycles. The minimum atomic E-state index is -3.61. The first-order valence-electron chi connectivity index (χ1n) is 6.45. The van der Waals surface area contributed by atoms with Crippen LogP contribution in [0, 0.1) is 0 Å². The Morgan fingerprint density at radius 3 is 2.81 bits per heavy atom. The fraction of sp³-hybridized carbons (Fsp3) is 0.231. The van der Waals surface area contributed by atoms with Gasteiger partial charge in [-0.1, -0.05) is 11.6 Å². The van der Waals surface area contributed by atoms with Crippen LogP contribution in [-0.2, 0) is 10.0 Å². The van der Waals surface area contributed by atoms with Gasteiger partial charge >= 0.3 is 0 Å². The van der Waals surface area contributed by atoms with Gasteiger partial charge in [-0.3, -0.25) is 0 Å². The third kappa shape index (κ3) is 2.32. The number of fused-ring (bicyclic) bond motifs is 1. The monoisotopic (exact) mass is 305 g/mol. The lowest BCUT2D eigenvalue weighted by molar-refractivity contribution is 0.592. The maximum absolute atomic E-state index is 12.7. The van der Waals surface area contributed by atoms with E-state index >= 15 is 0 Å². The molecule has 8 heteroatoms. The fourth-order valence-corrected chi connectivity index (χ4v) is 3.66. The zero-order chi connectivity index (χ0) is 15.0. The summed E-state index contributed by atoms with van der Waals surface area (Å²) in [5.41, 5.74) is 4.32. The first kappa shape index (κ1) is 13.8. The van der Waals surface area contributed by atoms with Crippen LogP contribution in [0.15, 0.2) is 41.1 Å². The Bertz CT molecular complexity index is 864. The van der Waals surface area contributed by atoms with Crippen molar-refractivity contribution in [3.05, 3.63) is 41.1 Å². The van der Waals surface area contributed by atoms with E-state index in [1.54, 1.807) is 12.1 Å². The van der Waals surface area contributed by atoms with Gasteiger partial charge in [0, 0.05) is 6.20 Å². The molecule has 2 aromatic rings. The second-order valence-electron chi connectivity index (χ2n) is 4.87. The first-order chi connectivity index (χ1) is 10.0. The molecule has 1 aliphatic rings. The molecule has 0 fully saturated rings. The van der Waals surface area contributed by atoms with Gasteiger partial charge in [0.15, 0.2) is 11.5 Å². The molecule has 3 N–H and O–H groups in total. The number of allylic oxidation sites excluding steroid dienone is 4. The second-order valence-corrected chi connectivity index (χ2v) is 6.74. The Hall–Kier alpha value is -2.19. The lowest BCUT2D eigenvalue weighted by Gasteiger charge is -2.14. The molecule has 2 aromatic heterocycles. The van der Waals surface area contributed by atoms with Crippen LogP contribution in [0.5, 0.6) is 0 Å². The Morgan fingerprint density at radius 1 is 1.33 bits per heavy atom. The van der Waals surface area contributed by atoms with E-state index in [1.165, 1.54) is 18.0 Å². The van der Waals surface area contributed by atoms with Crippen molar-refractivity contribution >= 4 is 27.0 Å². The molecule has 0 aliphatic heterocycles. The van der Waals surface area contributed by atoms with Gasteiger partial charge in [0.2, 0.25) is 0 Å². The third-order valence-corrected chi connectivity index (χ3v) is 5.23. The van der Waals surface area contributed by atoms with E-state index < -0.39 is 10.0 Å². The van der Waals surface area contributed by atoms with Gasteiger partial charge in [-0.25, -0.2) is 28.2 Å². The number of nitrogens with two attached hydrogens (primary N) is 1. The number of anilines is 1. The van der Waals surface area contributed by atoms with Gasteiger partial charge in [-0.15, -0.1) is 0 Å². The lowest BCUT2D eigenvalue weighted by Crippen LogP contribution is -2.16. The highest BCUT2D eigenvalue weighted by Crippen LogP contribution is 2.26. The van der Waals surface area contributed by atoms with Crippen LogP contribution < -0.4 is 11.3 Å². The smallest absolute Gasteiger partial charge is 0.265 e. The summed E-state index contributed by atoms with van der Waals surface area (Å²) in [5, 5.41) is 0. The SMILES string of the molecule is CC1=CC=C(S(=O)(=O)n2ccc3nc(NN)cnc32)CC1.